The molecule has 0 saturated heterocycles. The fourth-order valence-electron chi connectivity index (χ4n) is 2.50. The first-order valence-electron chi connectivity index (χ1n) is 7.88. The third-order valence-corrected chi connectivity index (χ3v) is 3.72. The number of ether oxygens (including phenoxy) is 2. The number of hydrogen-bond donors (Lipinski definition) is 1. The van der Waals surface area contributed by atoms with Gasteiger partial charge in [0.25, 0.3) is 0 Å². The number of nitrogens with zero attached hydrogens (tertiary/aromatic N) is 2. The van der Waals surface area contributed by atoms with E-state index in [1.807, 2.05) is 65.6 Å². The number of methoxy groups -OCH3 is 1. The van der Waals surface area contributed by atoms with E-state index in [0.29, 0.717) is 19.7 Å². The lowest BCUT2D eigenvalue weighted by Crippen LogP contribution is -2.09. The van der Waals surface area contributed by atoms with Crippen molar-refractivity contribution >= 4 is 12.4 Å². The highest BCUT2D eigenvalue weighted by molar-refractivity contribution is 5.85. The van der Waals surface area contributed by atoms with E-state index in [1.54, 1.807) is 7.11 Å². The van der Waals surface area contributed by atoms with Crippen LogP contribution in [0.4, 0.5) is 0 Å². The lowest BCUT2D eigenvalue weighted by atomic mass is 10.1. The van der Waals surface area contributed by atoms with Crippen LogP contribution in [-0.4, -0.2) is 23.4 Å². The zero-order valence-electron chi connectivity index (χ0n) is 14.1. The van der Waals surface area contributed by atoms with Crippen LogP contribution in [0, 0.1) is 0 Å². The van der Waals surface area contributed by atoms with Gasteiger partial charge in [0.15, 0.2) is 0 Å². The van der Waals surface area contributed by atoms with Gasteiger partial charge >= 0.3 is 0 Å². The highest BCUT2D eigenvalue weighted by Gasteiger charge is 2.10. The highest BCUT2D eigenvalue weighted by atomic mass is 35.5. The molecule has 25 heavy (non-hydrogen) atoms. The largest absolute Gasteiger partial charge is 0.496 e. The van der Waals surface area contributed by atoms with E-state index < -0.39 is 0 Å². The normalized spacial score (nSPS) is 10.2. The van der Waals surface area contributed by atoms with Crippen LogP contribution in [0.3, 0.4) is 0 Å². The summed E-state index contributed by atoms with van der Waals surface area (Å²) in [6, 6.07) is 15.9. The Morgan fingerprint density at radius 3 is 2.64 bits per heavy atom. The van der Waals surface area contributed by atoms with Crippen LogP contribution in [0.1, 0.15) is 5.56 Å². The highest BCUT2D eigenvalue weighted by Crippen LogP contribution is 2.33. The minimum atomic E-state index is 0. The molecule has 0 aliphatic carbocycles. The number of nitrogens with two attached hydrogens (primary N) is 1. The zero-order chi connectivity index (χ0) is 16.8. The fourth-order valence-corrected chi connectivity index (χ4v) is 2.50. The summed E-state index contributed by atoms with van der Waals surface area (Å²) in [7, 11) is 1.66. The van der Waals surface area contributed by atoms with Gasteiger partial charge in [-0.2, -0.15) is 5.10 Å². The van der Waals surface area contributed by atoms with Gasteiger partial charge in [0.1, 0.15) is 18.1 Å². The third-order valence-electron chi connectivity index (χ3n) is 3.72. The molecule has 3 rings (SSSR count). The Hall–Kier alpha value is -2.50. The van der Waals surface area contributed by atoms with E-state index in [0.717, 1.165) is 28.2 Å². The second-order valence-electron chi connectivity index (χ2n) is 5.42. The molecule has 1 heterocycles. The van der Waals surface area contributed by atoms with Gasteiger partial charge in [-0.1, -0.05) is 30.3 Å². The second-order valence-corrected chi connectivity index (χ2v) is 5.42. The average Bonchev–Trinajstić information content (AvgIpc) is 3.09. The van der Waals surface area contributed by atoms with Crippen molar-refractivity contribution in [2.75, 3.05) is 13.7 Å². The van der Waals surface area contributed by atoms with E-state index in [2.05, 4.69) is 5.10 Å². The average molecular weight is 360 g/mol. The molecule has 0 aliphatic rings. The summed E-state index contributed by atoms with van der Waals surface area (Å²) in [6.45, 7) is 1.78. The summed E-state index contributed by atoms with van der Waals surface area (Å²) in [5.41, 5.74) is 8.67. The molecule has 6 heteroatoms. The van der Waals surface area contributed by atoms with E-state index >= 15 is 0 Å². The van der Waals surface area contributed by atoms with Gasteiger partial charge < -0.3 is 15.2 Å². The molecule has 0 fully saturated rings. The molecule has 0 saturated carbocycles. The Balaban J connectivity index is 0.00000225. The molecule has 0 unspecified atom stereocenters. The van der Waals surface area contributed by atoms with E-state index in [-0.39, 0.29) is 12.4 Å². The van der Waals surface area contributed by atoms with Crippen LogP contribution in [0.25, 0.3) is 11.1 Å². The molecule has 0 amide bonds. The Bertz CT molecular complexity index is 790. The van der Waals surface area contributed by atoms with Crippen LogP contribution < -0.4 is 15.2 Å². The maximum absolute atomic E-state index is 5.85. The molecule has 2 aromatic carbocycles. The van der Waals surface area contributed by atoms with Crippen molar-refractivity contribution in [2.45, 2.75) is 13.2 Å². The van der Waals surface area contributed by atoms with E-state index in [4.69, 9.17) is 15.2 Å². The Morgan fingerprint density at radius 1 is 1.12 bits per heavy atom. The first-order valence-corrected chi connectivity index (χ1v) is 7.88. The summed E-state index contributed by atoms with van der Waals surface area (Å²) < 4.78 is 13.2. The van der Waals surface area contributed by atoms with Crippen molar-refractivity contribution in [2.24, 2.45) is 5.73 Å². The molecular weight excluding hydrogens is 338 g/mol. The minimum Gasteiger partial charge on any atom is -0.496 e. The smallest absolute Gasteiger partial charge is 0.130 e. The third kappa shape index (κ3) is 4.75. The molecule has 0 spiro atoms. The molecule has 5 nitrogen and oxygen atoms in total. The predicted molar refractivity (Wildman–Crippen MR) is 101 cm³/mol. The summed E-state index contributed by atoms with van der Waals surface area (Å²) in [4.78, 5) is 0. The predicted octanol–water partition coefficient (Wildman–Crippen LogP) is 3.52. The molecule has 1 aromatic heterocycles. The summed E-state index contributed by atoms with van der Waals surface area (Å²) in [5, 5.41) is 4.31. The number of aromatic nitrogens is 2. The van der Waals surface area contributed by atoms with Crippen molar-refractivity contribution in [3.63, 3.8) is 0 Å². The molecule has 2 N–H and O–H groups in total. The van der Waals surface area contributed by atoms with Crippen molar-refractivity contribution in [3.8, 4) is 22.6 Å². The van der Waals surface area contributed by atoms with E-state index in [1.165, 1.54) is 0 Å². The lowest BCUT2D eigenvalue weighted by molar-refractivity contribution is 0.304. The molecule has 132 valence electrons. The van der Waals surface area contributed by atoms with Gasteiger partial charge in [0, 0.05) is 29.9 Å². The zero-order valence-corrected chi connectivity index (χ0v) is 14.9. The van der Waals surface area contributed by atoms with Crippen molar-refractivity contribution < 1.29 is 9.47 Å². The molecule has 0 aliphatic heterocycles. The molecule has 3 aromatic rings. The van der Waals surface area contributed by atoms with Crippen molar-refractivity contribution in [1.82, 2.24) is 9.78 Å². The van der Waals surface area contributed by atoms with Crippen LogP contribution in [0.2, 0.25) is 0 Å². The van der Waals surface area contributed by atoms with Crippen LogP contribution >= 0.6 is 12.4 Å². The topological polar surface area (TPSA) is 62.3 Å². The van der Waals surface area contributed by atoms with Crippen molar-refractivity contribution in [1.29, 1.82) is 0 Å². The second kappa shape index (κ2) is 9.11. The van der Waals surface area contributed by atoms with Gasteiger partial charge in [-0.25, -0.2) is 0 Å². The molecular formula is C19H22ClN3O2. The van der Waals surface area contributed by atoms with Gasteiger partial charge in [-0.15, -0.1) is 12.4 Å². The summed E-state index contributed by atoms with van der Waals surface area (Å²) >= 11 is 0. The SMILES string of the molecule is COc1cc(OCc2ccccc2)ccc1-c1cnn(CCN)c1.Cl. The number of hydrogen-bond acceptors (Lipinski definition) is 4. The van der Waals surface area contributed by atoms with Crippen LogP contribution in [0.15, 0.2) is 60.9 Å². The number of rotatable bonds is 7. The van der Waals surface area contributed by atoms with Gasteiger partial charge in [0.05, 0.1) is 19.9 Å². The first-order chi connectivity index (χ1) is 11.8. The van der Waals surface area contributed by atoms with Gasteiger partial charge in [0.2, 0.25) is 0 Å². The molecule has 0 bridgehead atoms. The van der Waals surface area contributed by atoms with Crippen molar-refractivity contribution in [3.05, 3.63) is 66.5 Å². The summed E-state index contributed by atoms with van der Waals surface area (Å²) in [6.07, 6.45) is 3.78. The standard InChI is InChI=1S/C19H21N3O2.ClH/c1-23-19-11-17(24-14-15-5-3-2-4-6-15)7-8-18(19)16-12-21-22(13-16)10-9-20;/h2-8,11-13H,9-10,14,20H2,1H3;1H. The Labute approximate surface area is 153 Å². The van der Waals surface area contributed by atoms with E-state index in [9.17, 15) is 0 Å². The summed E-state index contributed by atoms with van der Waals surface area (Å²) in [5.74, 6) is 1.53. The monoisotopic (exact) mass is 359 g/mol. The number of halogens is 1. The van der Waals surface area contributed by atoms with Gasteiger partial charge in [-0.3, -0.25) is 4.68 Å². The molecule has 0 atom stereocenters. The first kappa shape index (κ1) is 18.8. The quantitative estimate of drug-likeness (QED) is 0.701. The Kier molecular flexibility index (Phi) is 6.86. The Morgan fingerprint density at radius 2 is 1.92 bits per heavy atom. The fraction of sp³-hybridized carbons (Fsp3) is 0.211. The lowest BCUT2D eigenvalue weighted by Gasteiger charge is -2.11. The van der Waals surface area contributed by atoms with Crippen LogP contribution in [-0.2, 0) is 13.2 Å². The maximum Gasteiger partial charge on any atom is 0.130 e. The maximum atomic E-state index is 5.85. The van der Waals surface area contributed by atoms with Crippen LogP contribution in [0.5, 0.6) is 11.5 Å². The number of benzene rings is 2. The minimum absolute atomic E-state index is 0. The molecule has 0 radical (unpaired) electrons. The van der Waals surface area contributed by atoms with Gasteiger partial charge in [-0.05, 0) is 17.7 Å².